The molecule has 0 bridgehead atoms. The Kier molecular flexibility index (Phi) is 5.17. The van der Waals surface area contributed by atoms with Crippen LogP contribution in [0.2, 0.25) is 0 Å². The standard InChI is InChI=1S/C12H14F3NO3/c1-19-10-4-2-9(3-5-10)11(18)16(6-7-17)8-12(13,14)15/h2-5,17H,6-8H2,1H3. The third-order valence-corrected chi connectivity index (χ3v) is 2.36. The Morgan fingerprint density at radius 2 is 1.89 bits per heavy atom. The van der Waals surface area contributed by atoms with Gasteiger partial charge < -0.3 is 14.7 Å². The number of ether oxygens (including phenoxy) is 1. The molecule has 0 saturated heterocycles. The molecule has 1 rings (SSSR count). The van der Waals surface area contributed by atoms with Gasteiger partial charge in [0.15, 0.2) is 0 Å². The second-order valence-electron chi connectivity index (χ2n) is 3.79. The zero-order valence-electron chi connectivity index (χ0n) is 10.3. The summed E-state index contributed by atoms with van der Waals surface area (Å²) in [5, 5.41) is 8.73. The van der Waals surface area contributed by atoms with E-state index in [1.807, 2.05) is 0 Å². The first kappa shape index (κ1) is 15.3. The molecule has 0 aliphatic carbocycles. The van der Waals surface area contributed by atoms with Crippen molar-refractivity contribution in [3.8, 4) is 5.75 Å². The zero-order chi connectivity index (χ0) is 14.5. The quantitative estimate of drug-likeness (QED) is 0.891. The highest BCUT2D eigenvalue weighted by atomic mass is 19.4. The van der Waals surface area contributed by atoms with Crippen molar-refractivity contribution in [3.63, 3.8) is 0 Å². The molecule has 0 radical (unpaired) electrons. The molecule has 19 heavy (non-hydrogen) atoms. The van der Waals surface area contributed by atoms with Gasteiger partial charge in [-0.1, -0.05) is 0 Å². The Balaban J connectivity index is 2.85. The van der Waals surface area contributed by atoms with Crippen molar-refractivity contribution in [1.82, 2.24) is 4.90 Å². The molecule has 106 valence electrons. The van der Waals surface area contributed by atoms with Crippen LogP contribution in [0.15, 0.2) is 24.3 Å². The fourth-order valence-electron chi connectivity index (χ4n) is 1.51. The van der Waals surface area contributed by atoms with E-state index in [9.17, 15) is 18.0 Å². The smallest absolute Gasteiger partial charge is 0.406 e. The maximum atomic E-state index is 12.3. The van der Waals surface area contributed by atoms with Crippen LogP contribution in [0, 0.1) is 0 Å². The van der Waals surface area contributed by atoms with Crippen LogP contribution < -0.4 is 4.74 Å². The average Bonchev–Trinajstić information content (AvgIpc) is 2.36. The summed E-state index contributed by atoms with van der Waals surface area (Å²) in [5.41, 5.74) is 0.110. The fraction of sp³-hybridized carbons (Fsp3) is 0.417. The lowest BCUT2D eigenvalue weighted by atomic mass is 10.2. The molecular formula is C12H14F3NO3. The van der Waals surface area contributed by atoms with Crippen molar-refractivity contribution >= 4 is 5.91 Å². The van der Waals surface area contributed by atoms with E-state index in [1.165, 1.54) is 31.4 Å². The van der Waals surface area contributed by atoms with E-state index in [0.717, 1.165) is 0 Å². The number of aliphatic hydroxyl groups is 1. The summed E-state index contributed by atoms with van der Waals surface area (Å²) in [6.07, 6.45) is -4.50. The van der Waals surface area contributed by atoms with E-state index in [4.69, 9.17) is 9.84 Å². The van der Waals surface area contributed by atoms with E-state index < -0.39 is 25.2 Å². The van der Waals surface area contributed by atoms with E-state index in [1.54, 1.807) is 0 Å². The third kappa shape index (κ3) is 4.78. The van der Waals surface area contributed by atoms with Crippen LogP contribution in [0.3, 0.4) is 0 Å². The average molecular weight is 277 g/mol. The molecule has 1 amide bonds. The number of rotatable bonds is 5. The van der Waals surface area contributed by atoms with Crippen LogP contribution in [-0.4, -0.2) is 48.9 Å². The van der Waals surface area contributed by atoms with Gasteiger partial charge in [-0.3, -0.25) is 4.79 Å². The van der Waals surface area contributed by atoms with Crippen molar-refractivity contribution in [1.29, 1.82) is 0 Å². The first-order valence-corrected chi connectivity index (χ1v) is 5.48. The molecule has 0 aliphatic rings. The van der Waals surface area contributed by atoms with E-state index >= 15 is 0 Å². The van der Waals surface area contributed by atoms with Crippen molar-refractivity contribution < 1.29 is 27.8 Å². The highest BCUT2D eigenvalue weighted by Gasteiger charge is 2.33. The number of nitrogens with zero attached hydrogens (tertiary/aromatic N) is 1. The molecule has 1 aromatic rings. The number of methoxy groups -OCH3 is 1. The molecule has 0 atom stereocenters. The van der Waals surface area contributed by atoms with Crippen molar-refractivity contribution in [2.45, 2.75) is 6.18 Å². The van der Waals surface area contributed by atoms with E-state index in [-0.39, 0.29) is 12.1 Å². The van der Waals surface area contributed by atoms with E-state index in [2.05, 4.69) is 0 Å². The van der Waals surface area contributed by atoms with Gasteiger partial charge in [0.1, 0.15) is 12.3 Å². The zero-order valence-corrected chi connectivity index (χ0v) is 10.3. The molecule has 1 aromatic carbocycles. The molecule has 7 heteroatoms. The first-order chi connectivity index (χ1) is 8.87. The van der Waals surface area contributed by atoms with Crippen LogP contribution in [0.25, 0.3) is 0 Å². The summed E-state index contributed by atoms with van der Waals surface area (Å²) in [5.74, 6) is -0.282. The van der Waals surface area contributed by atoms with Crippen LogP contribution in [0.1, 0.15) is 10.4 Å². The van der Waals surface area contributed by atoms with Gasteiger partial charge in [0.05, 0.1) is 13.7 Å². The van der Waals surface area contributed by atoms with Gasteiger partial charge in [0, 0.05) is 12.1 Å². The van der Waals surface area contributed by atoms with Gasteiger partial charge in [-0.05, 0) is 24.3 Å². The van der Waals surface area contributed by atoms with Gasteiger partial charge in [0.2, 0.25) is 0 Å². The summed E-state index contributed by atoms with van der Waals surface area (Å²) in [6.45, 7) is -2.29. The monoisotopic (exact) mass is 277 g/mol. The van der Waals surface area contributed by atoms with Crippen LogP contribution in [0.5, 0.6) is 5.75 Å². The number of hydrogen-bond donors (Lipinski definition) is 1. The maximum absolute atomic E-state index is 12.3. The second-order valence-corrected chi connectivity index (χ2v) is 3.79. The van der Waals surface area contributed by atoms with Crippen molar-refractivity contribution in [3.05, 3.63) is 29.8 Å². The topological polar surface area (TPSA) is 49.8 Å². The number of carbonyl (C=O) groups is 1. The predicted molar refractivity (Wildman–Crippen MR) is 62.0 cm³/mol. The van der Waals surface area contributed by atoms with Gasteiger partial charge in [-0.25, -0.2) is 0 Å². The minimum atomic E-state index is -4.50. The Labute approximate surface area is 108 Å². The number of aliphatic hydroxyl groups excluding tert-OH is 1. The van der Waals surface area contributed by atoms with Crippen LogP contribution in [0.4, 0.5) is 13.2 Å². The first-order valence-electron chi connectivity index (χ1n) is 5.48. The van der Waals surface area contributed by atoms with Crippen LogP contribution in [-0.2, 0) is 0 Å². The Morgan fingerprint density at radius 3 is 2.32 bits per heavy atom. The summed E-state index contributed by atoms with van der Waals surface area (Å²) in [6, 6.07) is 5.72. The Morgan fingerprint density at radius 1 is 1.32 bits per heavy atom. The minimum Gasteiger partial charge on any atom is -0.497 e. The molecular weight excluding hydrogens is 263 g/mol. The number of hydrogen-bond acceptors (Lipinski definition) is 3. The molecule has 0 fully saturated rings. The normalized spacial score (nSPS) is 11.2. The minimum absolute atomic E-state index is 0.110. The Bertz CT molecular complexity index is 417. The highest BCUT2D eigenvalue weighted by Crippen LogP contribution is 2.19. The molecule has 0 saturated carbocycles. The lowest BCUT2D eigenvalue weighted by Crippen LogP contribution is -2.40. The highest BCUT2D eigenvalue weighted by molar-refractivity contribution is 5.94. The molecule has 0 unspecified atom stereocenters. The lowest BCUT2D eigenvalue weighted by Gasteiger charge is -2.23. The van der Waals surface area contributed by atoms with E-state index in [0.29, 0.717) is 10.6 Å². The maximum Gasteiger partial charge on any atom is 0.406 e. The number of benzene rings is 1. The number of carbonyl (C=O) groups excluding carboxylic acids is 1. The molecule has 0 spiro atoms. The summed E-state index contributed by atoms with van der Waals surface area (Å²) in [4.78, 5) is 12.4. The predicted octanol–water partition coefficient (Wildman–Crippen LogP) is 1.69. The molecule has 4 nitrogen and oxygen atoms in total. The number of amides is 1. The largest absolute Gasteiger partial charge is 0.497 e. The summed E-state index contributed by atoms with van der Waals surface area (Å²) >= 11 is 0. The van der Waals surface area contributed by atoms with Crippen LogP contribution >= 0.6 is 0 Å². The van der Waals surface area contributed by atoms with Gasteiger partial charge in [0.25, 0.3) is 5.91 Å². The fourth-order valence-corrected chi connectivity index (χ4v) is 1.51. The third-order valence-electron chi connectivity index (χ3n) is 2.36. The SMILES string of the molecule is COc1ccc(C(=O)N(CCO)CC(F)(F)F)cc1. The van der Waals surface area contributed by atoms with Gasteiger partial charge in [-0.2, -0.15) is 13.2 Å². The molecule has 0 aromatic heterocycles. The Hall–Kier alpha value is -1.76. The second kappa shape index (κ2) is 6.42. The molecule has 0 heterocycles. The summed E-state index contributed by atoms with van der Waals surface area (Å²) in [7, 11) is 1.44. The van der Waals surface area contributed by atoms with Gasteiger partial charge in [-0.15, -0.1) is 0 Å². The number of alkyl halides is 3. The molecule has 0 aliphatic heterocycles. The number of halogens is 3. The summed E-state index contributed by atoms with van der Waals surface area (Å²) < 4.78 is 41.9. The van der Waals surface area contributed by atoms with Crippen molar-refractivity contribution in [2.24, 2.45) is 0 Å². The van der Waals surface area contributed by atoms with Crippen molar-refractivity contribution in [2.75, 3.05) is 26.8 Å². The van der Waals surface area contributed by atoms with Gasteiger partial charge >= 0.3 is 6.18 Å². The molecule has 1 N–H and O–H groups in total. The lowest BCUT2D eigenvalue weighted by molar-refractivity contribution is -0.141.